The minimum absolute atomic E-state index is 0.283. The molecule has 3 aromatic rings. The number of hydrogen-bond donors (Lipinski definition) is 1. The van der Waals surface area contributed by atoms with Gasteiger partial charge in [0.2, 0.25) is 0 Å². The molecule has 0 saturated carbocycles. The first-order chi connectivity index (χ1) is 11.9. The molecule has 3 rings (SSSR count). The Kier molecular flexibility index (Phi) is 4.72. The van der Waals surface area contributed by atoms with Gasteiger partial charge in [0.1, 0.15) is 5.82 Å². The fourth-order valence-corrected chi connectivity index (χ4v) is 2.80. The molecule has 0 saturated heterocycles. The highest BCUT2D eigenvalue weighted by Gasteiger charge is 2.12. The topological polar surface area (TPSA) is 46.9 Å². The second-order valence-electron chi connectivity index (χ2n) is 5.86. The molecule has 1 heterocycles. The summed E-state index contributed by atoms with van der Waals surface area (Å²) in [6.45, 7) is 5.72. The van der Waals surface area contributed by atoms with Crippen LogP contribution in [0.3, 0.4) is 0 Å². The molecule has 4 nitrogen and oxygen atoms in total. The Hall–Kier alpha value is -2.47. The molecule has 1 aromatic heterocycles. The SMILES string of the molecule is Cc1ccc(F)cc1NC(=O)c1ccc(-n2nc(C)c(Br)c2C)cc1. The van der Waals surface area contributed by atoms with E-state index in [0.29, 0.717) is 11.3 Å². The van der Waals surface area contributed by atoms with Crippen molar-refractivity contribution in [2.45, 2.75) is 20.8 Å². The molecule has 25 heavy (non-hydrogen) atoms. The summed E-state index contributed by atoms with van der Waals surface area (Å²) >= 11 is 3.51. The number of halogens is 2. The van der Waals surface area contributed by atoms with E-state index in [4.69, 9.17) is 0 Å². The third-order valence-corrected chi connectivity index (χ3v) is 5.17. The fraction of sp³-hybridized carbons (Fsp3) is 0.158. The van der Waals surface area contributed by atoms with E-state index in [0.717, 1.165) is 27.1 Å². The van der Waals surface area contributed by atoms with E-state index in [1.807, 2.05) is 37.6 Å². The van der Waals surface area contributed by atoms with Crippen molar-refractivity contribution in [3.63, 3.8) is 0 Å². The number of carbonyl (C=O) groups is 1. The molecule has 0 radical (unpaired) electrons. The molecule has 128 valence electrons. The highest BCUT2D eigenvalue weighted by Crippen LogP contribution is 2.23. The van der Waals surface area contributed by atoms with E-state index >= 15 is 0 Å². The molecular weight excluding hydrogens is 385 g/mol. The predicted octanol–water partition coefficient (Wildman–Crippen LogP) is 4.95. The zero-order chi connectivity index (χ0) is 18.1. The summed E-state index contributed by atoms with van der Waals surface area (Å²) in [6, 6.07) is 11.4. The molecule has 0 aliphatic heterocycles. The molecule has 0 spiro atoms. The van der Waals surface area contributed by atoms with Crippen molar-refractivity contribution in [1.29, 1.82) is 0 Å². The van der Waals surface area contributed by atoms with Gasteiger partial charge in [-0.25, -0.2) is 9.07 Å². The minimum atomic E-state index is -0.383. The van der Waals surface area contributed by atoms with Crippen molar-refractivity contribution in [3.05, 3.63) is 75.3 Å². The van der Waals surface area contributed by atoms with Gasteiger partial charge in [-0.1, -0.05) is 6.07 Å². The second kappa shape index (κ2) is 6.80. The van der Waals surface area contributed by atoms with Gasteiger partial charge in [-0.05, 0) is 78.7 Å². The van der Waals surface area contributed by atoms with E-state index in [2.05, 4.69) is 26.3 Å². The largest absolute Gasteiger partial charge is 0.322 e. The first-order valence-electron chi connectivity index (χ1n) is 7.76. The molecule has 0 aliphatic carbocycles. The number of carbonyl (C=O) groups excluding carboxylic acids is 1. The molecule has 6 heteroatoms. The quantitative estimate of drug-likeness (QED) is 0.674. The van der Waals surface area contributed by atoms with Gasteiger partial charge in [0.25, 0.3) is 5.91 Å². The average Bonchev–Trinajstić information content (AvgIpc) is 2.86. The van der Waals surface area contributed by atoms with Crippen molar-refractivity contribution in [2.24, 2.45) is 0 Å². The third-order valence-electron chi connectivity index (χ3n) is 4.02. The number of amides is 1. The number of hydrogen-bond acceptors (Lipinski definition) is 2. The number of rotatable bonds is 3. The molecule has 0 atom stereocenters. The predicted molar refractivity (Wildman–Crippen MR) is 99.8 cm³/mol. The summed E-state index contributed by atoms with van der Waals surface area (Å²) < 4.78 is 16.1. The number of aryl methyl sites for hydroxylation is 2. The Balaban J connectivity index is 1.83. The number of anilines is 1. The number of benzene rings is 2. The lowest BCUT2D eigenvalue weighted by Gasteiger charge is -2.09. The van der Waals surface area contributed by atoms with Gasteiger partial charge < -0.3 is 5.32 Å². The van der Waals surface area contributed by atoms with Gasteiger partial charge in [-0.2, -0.15) is 5.10 Å². The first kappa shape index (κ1) is 17.4. The first-order valence-corrected chi connectivity index (χ1v) is 8.56. The van der Waals surface area contributed by atoms with E-state index in [1.165, 1.54) is 12.1 Å². The summed E-state index contributed by atoms with van der Waals surface area (Å²) in [5, 5.41) is 7.21. The third kappa shape index (κ3) is 3.49. The Morgan fingerprint density at radius 3 is 2.40 bits per heavy atom. The summed E-state index contributed by atoms with van der Waals surface area (Å²) in [5.74, 6) is -0.666. The standard InChI is InChI=1S/C19H17BrFN3O/c1-11-4-7-15(21)10-17(11)22-19(25)14-5-8-16(9-6-14)24-13(3)18(20)12(2)23-24/h4-10H,1-3H3,(H,22,25). The van der Waals surface area contributed by atoms with Crippen molar-refractivity contribution < 1.29 is 9.18 Å². The van der Waals surface area contributed by atoms with E-state index in [-0.39, 0.29) is 11.7 Å². The van der Waals surface area contributed by atoms with Crippen LogP contribution in [0.1, 0.15) is 27.3 Å². The maximum Gasteiger partial charge on any atom is 0.255 e. The van der Waals surface area contributed by atoms with Crippen LogP contribution in [0.5, 0.6) is 0 Å². The van der Waals surface area contributed by atoms with Crippen molar-refractivity contribution >= 4 is 27.5 Å². The highest BCUT2D eigenvalue weighted by molar-refractivity contribution is 9.10. The lowest BCUT2D eigenvalue weighted by Crippen LogP contribution is -2.13. The number of nitrogens with zero attached hydrogens (tertiary/aromatic N) is 2. The number of aromatic nitrogens is 2. The van der Waals surface area contributed by atoms with Gasteiger partial charge in [0, 0.05) is 11.3 Å². The van der Waals surface area contributed by atoms with E-state index < -0.39 is 0 Å². The van der Waals surface area contributed by atoms with E-state index in [9.17, 15) is 9.18 Å². The molecule has 2 aromatic carbocycles. The van der Waals surface area contributed by atoms with Crippen LogP contribution in [0.4, 0.5) is 10.1 Å². The monoisotopic (exact) mass is 401 g/mol. The van der Waals surface area contributed by atoms with Crippen LogP contribution < -0.4 is 5.32 Å². The summed E-state index contributed by atoms with van der Waals surface area (Å²) in [6.07, 6.45) is 0. The molecule has 0 bridgehead atoms. The molecule has 0 fully saturated rings. The van der Waals surface area contributed by atoms with Crippen molar-refractivity contribution in [3.8, 4) is 5.69 Å². The summed E-state index contributed by atoms with van der Waals surface area (Å²) in [5.41, 5.74) is 4.53. The lowest BCUT2D eigenvalue weighted by molar-refractivity contribution is 0.102. The van der Waals surface area contributed by atoms with Crippen LogP contribution in [-0.4, -0.2) is 15.7 Å². The maximum absolute atomic E-state index is 13.3. The Bertz CT molecular complexity index is 948. The fourth-order valence-electron chi connectivity index (χ4n) is 2.55. The van der Waals surface area contributed by atoms with Crippen LogP contribution >= 0.6 is 15.9 Å². The Morgan fingerprint density at radius 2 is 1.80 bits per heavy atom. The molecule has 1 N–H and O–H groups in total. The molecule has 0 aliphatic rings. The van der Waals surface area contributed by atoms with Gasteiger partial charge in [0.15, 0.2) is 0 Å². The molecule has 0 unspecified atom stereocenters. The smallest absolute Gasteiger partial charge is 0.255 e. The average molecular weight is 402 g/mol. The zero-order valence-corrected chi connectivity index (χ0v) is 15.7. The summed E-state index contributed by atoms with van der Waals surface area (Å²) in [7, 11) is 0. The van der Waals surface area contributed by atoms with E-state index in [1.54, 1.807) is 18.2 Å². The van der Waals surface area contributed by atoms with Gasteiger partial charge in [0.05, 0.1) is 21.5 Å². The van der Waals surface area contributed by atoms with Gasteiger partial charge >= 0.3 is 0 Å². The van der Waals surface area contributed by atoms with Crippen LogP contribution in [0.2, 0.25) is 0 Å². The van der Waals surface area contributed by atoms with Gasteiger partial charge in [-0.15, -0.1) is 0 Å². The van der Waals surface area contributed by atoms with Crippen molar-refractivity contribution in [2.75, 3.05) is 5.32 Å². The van der Waals surface area contributed by atoms with Crippen LogP contribution in [0, 0.1) is 26.6 Å². The van der Waals surface area contributed by atoms with Crippen LogP contribution in [0.25, 0.3) is 5.69 Å². The zero-order valence-electron chi connectivity index (χ0n) is 14.1. The molecule has 1 amide bonds. The Morgan fingerprint density at radius 1 is 1.12 bits per heavy atom. The minimum Gasteiger partial charge on any atom is -0.322 e. The van der Waals surface area contributed by atoms with Gasteiger partial charge in [-0.3, -0.25) is 4.79 Å². The maximum atomic E-state index is 13.3. The summed E-state index contributed by atoms with van der Waals surface area (Å²) in [4.78, 5) is 12.4. The second-order valence-corrected chi connectivity index (χ2v) is 6.65. The number of nitrogens with one attached hydrogen (secondary N) is 1. The lowest BCUT2D eigenvalue weighted by atomic mass is 10.1. The Labute approximate surface area is 153 Å². The molecular formula is C19H17BrFN3O. The normalized spacial score (nSPS) is 10.8. The highest BCUT2D eigenvalue weighted by atomic mass is 79.9. The van der Waals surface area contributed by atoms with Crippen LogP contribution in [-0.2, 0) is 0 Å². The van der Waals surface area contributed by atoms with Crippen molar-refractivity contribution in [1.82, 2.24) is 9.78 Å². The van der Waals surface area contributed by atoms with Crippen LogP contribution in [0.15, 0.2) is 46.9 Å².